The second-order valence-corrected chi connectivity index (χ2v) is 3.68. The Balaban J connectivity index is 2.03. The molecule has 1 heterocycles. The van der Waals surface area contributed by atoms with Crippen LogP contribution in [0.2, 0.25) is 0 Å². The standard InChI is InChI=1S/C11H12N2O3/c14-7-9-3-1-8(2-4-9)5-13-6-10(15)12-11(13)16/h1-4,14H,5-7H2,(H,12,15,16). The summed E-state index contributed by atoms with van der Waals surface area (Å²) in [6, 6.07) is 6.91. The Labute approximate surface area is 92.7 Å². The van der Waals surface area contributed by atoms with Crippen molar-refractivity contribution in [3.63, 3.8) is 0 Å². The number of carbonyl (C=O) groups excluding carboxylic acids is 2. The average molecular weight is 220 g/mol. The lowest BCUT2D eigenvalue weighted by molar-refractivity contribution is -0.118. The number of benzene rings is 1. The maximum Gasteiger partial charge on any atom is 0.324 e. The molecule has 2 rings (SSSR count). The van der Waals surface area contributed by atoms with Gasteiger partial charge in [-0.05, 0) is 11.1 Å². The molecule has 0 spiro atoms. The summed E-state index contributed by atoms with van der Waals surface area (Å²) in [5.41, 5.74) is 1.76. The fraction of sp³-hybridized carbons (Fsp3) is 0.273. The van der Waals surface area contributed by atoms with Crippen molar-refractivity contribution >= 4 is 11.9 Å². The summed E-state index contributed by atoms with van der Waals surface area (Å²) >= 11 is 0. The number of nitrogens with one attached hydrogen (secondary N) is 1. The maximum atomic E-state index is 11.3. The van der Waals surface area contributed by atoms with E-state index in [4.69, 9.17) is 5.11 Å². The normalized spacial score (nSPS) is 15.4. The van der Waals surface area contributed by atoms with E-state index in [1.807, 2.05) is 12.1 Å². The van der Waals surface area contributed by atoms with Crippen molar-refractivity contribution in [2.45, 2.75) is 13.2 Å². The Hall–Kier alpha value is -1.88. The SMILES string of the molecule is O=C1CN(Cc2ccc(CO)cc2)C(=O)N1. The van der Waals surface area contributed by atoms with Crippen molar-refractivity contribution in [2.24, 2.45) is 0 Å². The summed E-state index contributed by atoms with van der Waals surface area (Å²) < 4.78 is 0. The lowest BCUT2D eigenvalue weighted by Crippen LogP contribution is -2.27. The van der Waals surface area contributed by atoms with Crippen molar-refractivity contribution in [1.82, 2.24) is 10.2 Å². The van der Waals surface area contributed by atoms with Crippen LogP contribution in [0.15, 0.2) is 24.3 Å². The molecule has 1 aliphatic heterocycles. The van der Waals surface area contributed by atoms with Gasteiger partial charge in [0.05, 0.1) is 6.61 Å². The van der Waals surface area contributed by atoms with Crippen LogP contribution in [0, 0.1) is 0 Å². The van der Waals surface area contributed by atoms with E-state index in [2.05, 4.69) is 5.32 Å². The van der Waals surface area contributed by atoms with E-state index in [1.165, 1.54) is 4.90 Å². The molecule has 1 aliphatic rings. The van der Waals surface area contributed by atoms with Gasteiger partial charge in [0.1, 0.15) is 6.54 Å². The fourth-order valence-electron chi connectivity index (χ4n) is 1.58. The summed E-state index contributed by atoms with van der Waals surface area (Å²) in [6.07, 6.45) is 0. The minimum atomic E-state index is -0.351. The highest BCUT2D eigenvalue weighted by Gasteiger charge is 2.26. The molecule has 0 unspecified atom stereocenters. The van der Waals surface area contributed by atoms with Gasteiger partial charge in [-0.25, -0.2) is 4.79 Å². The van der Waals surface area contributed by atoms with E-state index < -0.39 is 0 Å². The van der Waals surface area contributed by atoms with Crippen LogP contribution < -0.4 is 5.32 Å². The molecule has 0 saturated carbocycles. The molecule has 5 nitrogen and oxygen atoms in total. The average Bonchev–Trinajstić information content (AvgIpc) is 2.59. The number of hydrogen-bond acceptors (Lipinski definition) is 3. The zero-order valence-electron chi connectivity index (χ0n) is 8.64. The van der Waals surface area contributed by atoms with Gasteiger partial charge >= 0.3 is 6.03 Å². The Morgan fingerprint density at radius 3 is 2.31 bits per heavy atom. The Bertz CT molecular complexity index is 414. The number of urea groups is 1. The van der Waals surface area contributed by atoms with Gasteiger partial charge in [-0.15, -0.1) is 0 Å². The van der Waals surface area contributed by atoms with Crippen LogP contribution in [-0.2, 0) is 17.9 Å². The van der Waals surface area contributed by atoms with E-state index >= 15 is 0 Å². The van der Waals surface area contributed by atoms with Gasteiger partial charge in [-0.1, -0.05) is 24.3 Å². The number of imide groups is 1. The first kappa shape index (κ1) is 10.6. The van der Waals surface area contributed by atoms with Crippen molar-refractivity contribution in [3.8, 4) is 0 Å². The van der Waals surface area contributed by atoms with Crippen LogP contribution in [0.25, 0.3) is 0 Å². The molecule has 16 heavy (non-hydrogen) atoms. The van der Waals surface area contributed by atoms with Gasteiger partial charge in [-0.3, -0.25) is 10.1 Å². The maximum absolute atomic E-state index is 11.3. The third kappa shape index (κ3) is 2.20. The number of nitrogens with zero attached hydrogens (tertiary/aromatic N) is 1. The number of carbonyl (C=O) groups is 2. The minimum Gasteiger partial charge on any atom is -0.392 e. The van der Waals surface area contributed by atoms with E-state index in [1.54, 1.807) is 12.1 Å². The van der Waals surface area contributed by atoms with Crippen LogP contribution in [0.3, 0.4) is 0 Å². The van der Waals surface area contributed by atoms with Crippen molar-refractivity contribution < 1.29 is 14.7 Å². The summed E-state index contributed by atoms with van der Waals surface area (Å²) in [5, 5.41) is 11.1. The Morgan fingerprint density at radius 2 is 1.81 bits per heavy atom. The number of aliphatic hydroxyl groups excluding tert-OH is 1. The molecule has 0 bridgehead atoms. The predicted octanol–water partition coefficient (Wildman–Crippen LogP) is 0.231. The lowest BCUT2D eigenvalue weighted by atomic mass is 10.1. The zero-order chi connectivity index (χ0) is 11.5. The van der Waals surface area contributed by atoms with Gasteiger partial charge in [0.2, 0.25) is 5.91 Å². The highest BCUT2D eigenvalue weighted by molar-refractivity contribution is 6.01. The van der Waals surface area contributed by atoms with Crippen LogP contribution in [0.1, 0.15) is 11.1 Å². The molecule has 0 radical (unpaired) electrons. The largest absolute Gasteiger partial charge is 0.392 e. The summed E-state index contributed by atoms with van der Waals surface area (Å²) in [5.74, 6) is -0.267. The predicted molar refractivity (Wildman–Crippen MR) is 56.3 cm³/mol. The second kappa shape index (κ2) is 4.32. The Morgan fingerprint density at radius 1 is 1.19 bits per heavy atom. The third-order valence-corrected chi connectivity index (χ3v) is 2.45. The smallest absolute Gasteiger partial charge is 0.324 e. The van der Waals surface area contributed by atoms with Gasteiger partial charge < -0.3 is 10.0 Å². The Kier molecular flexibility index (Phi) is 2.87. The molecule has 0 aliphatic carbocycles. The van der Waals surface area contributed by atoms with Crippen LogP contribution in [0.5, 0.6) is 0 Å². The zero-order valence-corrected chi connectivity index (χ0v) is 8.64. The lowest BCUT2D eigenvalue weighted by Gasteiger charge is -2.12. The molecular formula is C11H12N2O3. The van der Waals surface area contributed by atoms with Gasteiger partial charge in [0, 0.05) is 6.54 Å². The van der Waals surface area contributed by atoms with Gasteiger partial charge in [-0.2, -0.15) is 0 Å². The first-order chi connectivity index (χ1) is 7.69. The van der Waals surface area contributed by atoms with E-state index in [0.29, 0.717) is 6.54 Å². The minimum absolute atomic E-state index is 0.00294. The third-order valence-electron chi connectivity index (χ3n) is 2.45. The van der Waals surface area contributed by atoms with Crippen LogP contribution in [0.4, 0.5) is 4.79 Å². The molecule has 0 aromatic heterocycles. The van der Waals surface area contributed by atoms with Crippen LogP contribution >= 0.6 is 0 Å². The number of hydrogen-bond donors (Lipinski definition) is 2. The molecule has 0 atom stereocenters. The highest BCUT2D eigenvalue weighted by atomic mass is 16.3. The van der Waals surface area contributed by atoms with Crippen LogP contribution in [-0.4, -0.2) is 28.5 Å². The topological polar surface area (TPSA) is 69.6 Å². The molecule has 1 saturated heterocycles. The van der Waals surface area contributed by atoms with E-state index in [9.17, 15) is 9.59 Å². The fourth-order valence-corrected chi connectivity index (χ4v) is 1.58. The summed E-state index contributed by atoms with van der Waals surface area (Å²) in [4.78, 5) is 23.7. The highest BCUT2D eigenvalue weighted by Crippen LogP contribution is 2.09. The first-order valence-corrected chi connectivity index (χ1v) is 4.96. The van der Waals surface area contributed by atoms with Crippen molar-refractivity contribution in [3.05, 3.63) is 35.4 Å². The molecule has 84 valence electrons. The van der Waals surface area contributed by atoms with Gasteiger partial charge in [0.25, 0.3) is 0 Å². The number of rotatable bonds is 3. The van der Waals surface area contributed by atoms with Crippen molar-refractivity contribution in [2.75, 3.05) is 6.54 Å². The van der Waals surface area contributed by atoms with E-state index in [-0.39, 0.29) is 25.1 Å². The molecular weight excluding hydrogens is 208 g/mol. The molecule has 1 aromatic carbocycles. The van der Waals surface area contributed by atoms with E-state index in [0.717, 1.165) is 11.1 Å². The van der Waals surface area contributed by atoms with Gasteiger partial charge in [0.15, 0.2) is 0 Å². The summed E-state index contributed by atoms with van der Waals surface area (Å²) in [7, 11) is 0. The first-order valence-electron chi connectivity index (χ1n) is 4.96. The quantitative estimate of drug-likeness (QED) is 0.716. The molecule has 3 amide bonds. The molecule has 2 N–H and O–H groups in total. The second-order valence-electron chi connectivity index (χ2n) is 3.68. The number of amides is 3. The number of aliphatic hydroxyl groups is 1. The monoisotopic (exact) mass is 220 g/mol. The molecule has 1 aromatic rings. The summed E-state index contributed by atoms with van der Waals surface area (Å²) in [6.45, 7) is 0.521. The van der Waals surface area contributed by atoms with Crippen molar-refractivity contribution in [1.29, 1.82) is 0 Å². The molecule has 1 fully saturated rings. The molecule has 5 heteroatoms.